The summed E-state index contributed by atoms with van der Waals surface area (Å²) in [6, 6.07) is -0.0245. The molecule has 3 nitrogen and oxygen atoms in total. The Bertz CT molecular complexity index is 236. The minimum absolute atomic E-state index is 0.0156. The van der Waals surface area contributed by atoms with E-state index in [0.717, 1.165) is 6.54 Å². The smallest absolute Gasteiger partial charge is 0.390 e. The van der Waals surface area contributed by atoms with Crippen LogP contribution in [-0.2, 0) is 0 Å². The van der Waals surface area contributed by atoms with Crippen LogP contribution in [-0.4, -0.2) is 54.5 Å². The van der Waals surface area contributed by atoms with Crippen LogP contribution >= 0.6 is 0 Å². The van der Waals surface area contributed by atoms with Crippen LogP contribution in [0.4, 0.5) is 13.2 Å². The lowest BCUT2D eigenvalue weighted by Crippen LogP contribution is -2.50. The van der Waals surface area contributed by atoms with E-state index in [4.69, 9.17) is 0 Å². The van der Waals surface area contributed by atoms with Gasteiger partial charge in [-0.15, -0.1) is 0 Å². The first-order valence-corrected chi connectivity index (χ1v) is 6.26. The molecule has 2 atom stereocenters. The average molecular weight is 270 g/mol. The molecule has 0 aliphatic heterocycles. The Morgan fingerprint density at radius 2 is 1.89 bits per heavy atom. The summed E-state index contributed by atoms with van der Waals surface area (Å²) in [6.07, 6.45) is -4.31. The molecule has 0 radical (unpaired) electrons. The van der Waals surface area contributed by atoms with Gasteiger partial charge in [0.05, 0.1) is 13.0 Å². The Labute approximate surface area is 107 Å². The normalized spacial score (nSPS) is 17.8. The summed E-state index contributed by atoms with van der Waals surface area (Å²) in [5.74, 6) is 0. The molecule has 110 valence electrons. The van der Waals surface area contributed by atoms with Gasteiger partial charge in [-0.25, -0.2) is 0 Å². The first kappa shape index (κ1) is 17.7. The van der Waals surface area contributed by atoms with E-state index >= 15 is 0 Å². The summed E-state index contributed by atoms with van der Waals surface area (Å²) in [7, 11) is 1.68. The second-order valence-corrected chi connectivity index (χ2v) is 5.15. The molecule has 0 saturated heterocycles. The lowest BCUT2D eigenvalue weighted by molar-refractivity contribution is -0.138. The molecule has 0 aromatic heterocycles. The topological polar surface area (TPSA) is 35.5 Å². The van der Waals surface area contributed by atoms with E-state index in [2.05, 4.69) is 5.32 Å². The van der Waals surface area contributed by atoms with Crippen molar-refractivity contribution in [3.05, 3.63) is 0 Å². The third-order valence-electron chi connectivity index (χ3n) is 3.20. The highest BCUT2D eigenvalue weighted by molar-refractivity contribution is 4.86. The van der Waals surface area contributed by atoms with Crippen molar-refractivity contribution in [1.29, 1.82) is 0 Å². The fourth-order valence-electron chi connectivity index (χ4n) is 1.95. The molecule has 2 unspecified atom stereocenters. The lowest BCUT2D eigenvalue weighted by Gasteiger charge is -2.35. The number of halogens is 3. The summed E-state index contributed by atoms with van der Waals surface area (Å²) in [5.41, 5.74) is -0.444. The van der Waals surface area contributed by atoms with Crippen molar-refractivity contribution in [2.45, 2.75) is 51.4 Å². The van der Waals surface area contributed by atoms with Crippen LogP contribution in [0.2, 0.25) is 0 Å². The van der Waals surface area contributed by atoms with Crippen LogP contribution in [0.1, 0.15) is 33.6 Å². The summed E-state index contributed by atoms with van der Waals surface area (Å²) < 4.78 is 36.4. The van der Waals surface area contributed by atoms with Crippen LogP contribution in [0.5, 0.6) is 0 Å². The van der Waals surface area contributed by atoms with Gasteiger partial charge in [0.25, 0.3) is 0 Å². The molecule has 0 aromatic carbocycles. The van der Waals surface area contributed by atoms with Gasteiger partial charge in [-0.1, -0.05) is 6.92 Å². The quantitative estimate of drug-likeness (QED) is 0.708. The van der Waals surface area contributed by atoms with E-state index < -0.39 is 18.1 Å². The van der Waals surface area contributed by atoms with Gasteiger partial charge in [-0.05, 0) is 33.9 Å². The zero-order chi connectivity index (χ0) is 14.4. The summed E-state index contributed by atoms with van der Waals surface area (Å²) in [6.45, 7) is 6.37. The molecule has 0 amide bonds. The van der Waals surface area contributed by atoms with Crippen molar-refractivity contribution in [2.24, 2.45) is 0 Å². The van der Waals surface area contributed by atoms with Crippen LogP contribution in [0.15, 0.2) is 0 Å². The van der Waals surface area contributed by atoms with Crippen molar-refractivity contribution >= 4 is 0 Å². The molecule has 0 bridgehead atoms. The molecule has 18 heavy (non-hydrogen) atoms. The molecule has 6 heteroatoms. The number of aliphatic hydroxyl groups is 1. The van der Waals surface area contributed by atoms with Crippen LogP contribution in [0, 0.1) is 0 Å². The Kier molecular flexibility index (Phi) is 7.17. The van der Waals surface area contributed by atoms with Gasteiger partial charge in [0.1, 0.15) is 0 Å². The van der Waals surface area contributed by atoms with E-state index in [1.165, 1.54) is 0 Å². The highest BCUT2D eigenvalue weighted by atomic mass is 19.4. The Balaban J connectivity index is 4.25. The van der Waals surface area contributed by atoms with Crippen molar-refractivity contribution in [3.8, 4) is 0 Å². The molecular weight excluding hydrogens is 245 g/mol. The first-order chi connectivity index (χ1) is 8.13. The van der Waals surface area contributed by atoms with E-state index in [1.54, 1.807) is 11.9 Å². The van der Waals surface area contributed by atoms with Crippen molar-refractivity contribution < 1.29 is 18.3 Å². The van der Waals surface area contributed by atoms with Crippen molar-refractivity contribution in [2.75, 3.05) is 26.7 Å². The lowest BCUT2D eigenvalue weighted by atomic mass is 9.93. The number of nitrogens with one attached hydrogen (secondary N) is 1. The van der Waals surface area contributed by atoms with Gasteiger partial charge in [0, 0.05) is 18.1 Å². The van der Waals surface area contributed by atoms with Crippen LogP contribution in [0.25, 0.3) is 0 Å². The van der Waals surface area contributed by atoms with Gasteiger partial charge in [0.2, 0.25) is 0 Å². The molecular formula is C12H25F3N2O. The first-order valence-electron chi connectivity index (χ1n) is 6.26. The average Bonchev–Trinajstić information content (AvgIpc) is 2.25. The van der Waals surface area contributed by atoms with Crippen LogP contribution in [0.3, 0.4) is 0 Å². The van der Waals surface area contributed by atoms with Gasteiger partial charge in [-0.2, -0.15) is 13.2 Å². The monoisotopic (exact) mass is 270 g/mol. The minimum atomic E-state index is -4.12. The second-order valence-electron chi connectivity index (χ2n) is 5.15. The fourth-order valence-corrected chi connectivity index (χ4v) is 1.95. The molecule has 0 spiro atoms. The molecule has 0 aliphatic carbocycles. The number of rotatable bonds is 8. The third-order valence-corrected chi connectivity index (χ3v) is 3.20. The van der Waals surface area contributed by atoms with Gasteiger partial charge < -0.3 is 15.3 Å². The third kappa shape index (κ3) is 7.18. The Morgan fingerprint density at radius 1 is 1.33 bits per heavy atom. The van der Waals surface area contributed by atoms with E-state index in [-0.39, 0.29) is 19.2 Å². The number of hydrogen-bond acceptors (Lipinski definition) is 3. The van der Waals surface area contributed by atoms with Gasteiger partial charge in [-0.3, -0.25) is 0 Å². The minimum Gasteiger partial charge on any atom is -0.394 e. The zero-order valence-electron chi connectivity index (χ0n) is 11.6. The SMILES string of the molecule is CCNC(C)(CO)CC(C)N(C)CCC(F)(F)F. The van der Waals surface area contributed by atoms with E-state index in [1.807, 2.05) is 20.8 Å². The number of alkyl halides is 3. The van der Waals surface area contributed by atoms with Crippen molar-refractivity contribution in [1.82, 2.24) is 10.2 Å². The summed E-state index contributed by atoms with van der Waals surface area (Å²) in [5, 5.41) is 12.5. The summed E-state index contributed by atoms with van der Waals surface area (Å²) in [4.78, 5) is 1.68. The van der Waals surface area contributed by atoms with Crippen molar-refractivity contribution in [3.63, 3.8) is 0 Å². The predicted octanol–water partition coefficient (Wildman–Crippen LogP) is 2.01. The highest BCUT2D eigenvalue weighted by Gasteiger charge is 2.30. The maximum atomic E-state index is 12.1. The highest BCUT2D eigenvalue weighted by Crippen LogP contribution is 2.21. The molecule has 0 rings (SSSR count). The maximum Gasteiger partial charge on any atom is 0.390 e. The Hall–Kier alpha value is -0.330. The van der Waals surface area contributed by atoms with Gasteiger partial charge >= 0.3 is 6.18 Å². The number of aliphatic hydroxyl groups excluding tert-OH is 1. The Morgan fingerprint density at radius 3 is 2.28 bits per heavy atom. The molecule has 0 fully saturated rings. The second kappa shape index (κ2) is 7.31. The van der Waals surface area contributed by atoms with Gasteiger partial charge in [0.15, 0.2) is 0 Å². The van der Waals surface area contributed by atoms with E-state index in [0.29, 0.717) is 6.42 Å². The van der Waals surface area contributed by atoms with E-state index in [9.17, 15) is 18.3 Å². The predicted molar refractivity (Wildman–Crippen MR) is 66.5 cm³/mol. The molecule has 0 saturated carbocycles. The zero-order valence-corrected chi connectivity index (χ0v) is 11.6. The number of nitrogens with zero attached hydrogens (tertiary/aromatic N) is 1. The maximum absolute atomic E-state index is 12.1. The standard InChI is InChI=1S/C12H25F3N2O/c1-5-16-11(3,9-18)8-10(2)17(4)7-6-12(13,14)15/h10,16,18H,5-9H2,1-4H3. The number of hydrogen-bond donors (Lipinski definition) is 2. The number of likely N-dealkylation sites (N-methyl/N-ethyl adjacent to an activating group) is 1. The summed E-state index contributed by atoms with van der Waals surface area (Å²) >= 11 is 0. The van der Waals surface area contributed by atoms with Crippen LogP contribution < -0.4 is 5.32 Å². The largest absolute Gasteiger partial charge is 0.394 e. The molecule has 0 heterocycles. The molecule has 0 aromatic rings. The molecule has 0 aliphatic rings. The molecule has 2 N–H and O–H groups in total. The fraction of sp³-hybridized carbons (Fsp3) is 1.00.